The second kappa shape index (κ2) is 3.10. The van der Waals surface area contributed by atoms with Crippen LogP contribution in [0.5, 0.6) is 0 Å². The van der Waals surface area contributed by atoms with Gasteiger partial charge in [-0.05, 0) is 19.3 Å². The number of aryl methyl sites for hydroxylation is 1. The normalized spacial score (nSPS) is 18.9. The number of aromatic nitrogens is 3. The molecule has 0 atom stereocenters. The van der Waals surface area contributed by atoms with E-state index < -0.39 is 0 Å². The predicted molar refractivity (Wildman–Crippen MR) is 50.3 cm³/mol. The maximum atomic E-state index is 5.69. The summed E-state index contributed by atoms with van der Waals surface area (Å²) in [5, 5.41) is 7.19. The van der Waals surface area contributed by atoms with Crippen LogP contribution in [0.1, 0.15) is 37.8 Å². The van der Waals surface area contributed by atoms with Gasteiger partial charge in [0.15, 0.2) is 5.82 Å². The van der Waals surface area contributed by atoms with E-state index in [2.05, 4.69) is 22.1 Å². The fourth-order valence-corrected chi connectivity index (χ4v) is 1.55. The average molecular weight is 180 g/mol. The van der Waals surface area contributed by atoms with Crippen molar-refractivity contribution in [2.45, 2.75) is 38.0 Å². The van der Waals surface area contributed by atoms with E-state index in [0.29, 0.717) is 6.54 Å². The molecular formula is C9H16N4. The van der Waals surface area contributed by atoms with Crippen LogP contribution in [0.25, 0.3) is 0 Å². The van der Waals surface area contributed by atoms with Gasteiger partial charge in [-0.2, -0.15) is 5.10 Å². The Morgan fingerprint density at radius 2 is 2.31 bits per heavy atom. The molecule has 0 unspecified atom stereocenters. The molecule has 0 saturated heterocycles. The van der Waals surface area contributed by atoms with Gasteiger partial charge < -0.3 is 5.73 Å². The summed E-state index contributed by atoms with van der Waals surface area (Å²) >= 11 is 0. The van der Waals surface area contributed by atoms with Crippen LogP contribution in [0, 0.1) is 0 Å². The molecule has 72 valence electrons. The monoisotopic (exact) mass is 180 g/mol. The molecule has 2 rings (SSSR count). The molecule has 1 heterocycles. The van der Waals surface area contributed by atoms with Gasteiger partial charge in [-0.3, -0.25) is 5.10 Å². The molecule has 0 aromatic carbocycles. The van der Waals surface area contributed by atoms with Gasteiger partial charge in [-0.25, -0.2) is 4.98 Å². The summed E-state index contributed by atoms with van der Waals surface area (Å²) in [6, 6.07) is 0. The van der Waals surface area contributed by atoms with E-state index in [1.54, 1.807) is 0 Å². The number of nitrogens with one attached hydrogen (secondary N) is 1. The summed E-state index contributed by atoms with van der Waals surface area (Å²) in [5.74, 6) is 1.93. The van der Waals surface area contributed by atoms with Crippen LogP contribution in [-0.2, 0) is 11.8 Å². The number of H-pyrrole nitrogens is 1. The minimum Gasteiger partial charge on any atom is -0.329 e. The van der Waals surface area contributed by atoms with Crippen molar-refractivity contribution in [3.05, 3.63) is 11.6 Å². The zero-order valence-electron chi connectivity index (χ0n) is 8.01. The third-order valence-corrected chi connectivity index (χ3v) is 2.74. The average Bonchev–Trinajstić information content (AvgIpc) is 2.82. The van der Waals surface area contributed by atoms with Gasteiger partial charge in [0, 0.05) is 18.4 Å². The maximum Gasteiger partial charge on any atom is 0.158 e. The summed E-state index contributed by atoms with van der Waals surface area (Å²) in [6.45, 7) is 2.81. The van der Waals surface area contributed by atoms with Crippen LogP contribution in [-0.4, -0.2) is 21.7 Å². The molecule has 0 spiro atoms. The van der Waals surface area contributed by atoms with Crippen molar-refractivity contribution >= 4 is 0 Å². The first-order valence-corrected chi connectivity index (χ1v) is 4.92. The minimum absolute atomic E-state index is 0.127. The smallest absolute Gasteiger partial charge is 0.158 e. The Kier molecular flexibility index (Phi) is 2.07. The summed E-state index contributed by atoms with van der Waals surface area (Å²) in [4.78, 5) is 4.46. The van der Waals surface area contributed by atoms with Gasteiger partial charge in [0.2, 0.25) is 0 Å². The molecule has 0 amide bonds. The van der Waals surface area contributed by atoms with E-state index in [1.807, 2.05) is 0 Å². The fraction of sp³-hybridized carbons (Fsp3) is 0.778. The molecule has 1 saturated carbocycles. The van der Waals surface area contributed by atoms with Crippen LogP contribution >= 0.6 is 0 Å². The number of hydrogen-bond acceptors (Lipinski definition) is 3. The largest absolute Gasteiger partial charge is 0.329 e. The lowest BCUT2D eigenvalue weighted by molar-refractivity contribution is 0.652. The van der Waals surface area contributed by atoms with Crippen LogP contribution < -0.4 is 5.73 Å². The second-order valence-corrected chi connectivity index (χ2v) is 3.84. The molecule has 0 aliphatic heterocycles. The Balaban J connectivity index is 2.13. The van der Waals surface area contributed by atoms with Gasteiger partial charge >= 0.3 is 0 Å². The fourth-order valence-electron chi connectivity index (χ4n) is 1.55. The summed E-state index contributed by atoms with van der Waals surface area (Å²) in [6.07, 6.45) is 4.37. The third-order valence-electron chi connectivity index (χ3n) is 2.74. The van der Waals surface area contributed by atoms with Crippen LogP contribution in [0.4, 0.5) is 0 Å². The highest BCUT2D eigenvalue weighted by Crippen LogP contribution is 2.45. The van der Waals surface area contributed by atoms with Crippen molar-refractivity contribution in [2.75, 3.05) is 6.54 Å². The van der Waals surface area contributed by atoms with E-state index in [9.17, 15) is 0 Å². The van der Waals surface area contributed by atoms with Gasteiger partial charge in [-0.15, -0.1) is 0 Å². The van der Waals surface area contributed by atoms with Gasteiger partial charge in [-0.1, -0.05) is 6.92 Å². The second-order valence-electron chi connectivity index (χ2n) is 3.84. The zero-order chi connectivity index (χ0) is 9.31. The summed E-state index contributed by atoms with van der Waals surface area (Å²) < 4.78 is 0. The lowest BCUT2D eigenvalue weighted by Crippen LogP contribution is -2.21. The van der Waals surface area contributed by atoms with Crippen LogP contribution in [0.3, 0.4) is 0 Å². The highest BCUT2D eigenvalue weighted by atomic mass is 15.2. The molecule has 1 aliphatic carbocycles. The zero-order valence-corrected chi connectivity index (χ0v) is 8.01. The third kappa shape index (κ3) is 1.46. The van der Waals surface area contributed by atoms with Crippen LogP contribution in [0.15, 0.2) is 0 Å². The molecule has 4 nitrogen and oxygen atoms in total. The number of aromatic amines is 1. The highest BCUT2D eigenvalue weighted by Gasteiger charge is 2.46. The van der Waals surface area contributed by atoms with Crippen molar-refractivity contribution in [3.63, 3.8) is 0 Å². The Hall–Kier alpha value is -0.900. The number of nitrogens with zero attached hydrogens (tertiary/aromatic N) is 2. The van der Waals surface area contributed by atoms with Crippen LogP contribution in [0.2, 0.25) is 0 Å². The maximum absolute atomic E-state index is 5.69. The Morgan fingerprint density at radius 1 is 1.54 bits per heavy atom. The molecule has 0 bridgehead atoms. The Labute approximate surface area is 77.9 Å². The first-order valence-electron chi connectivity index (χ1n) is 4.92. The van der Waals surface area contributed by atoms with Crippen molar-refractivity contribution in [2.24, 2.45) is 5.73 Å². The van der Waals surface area contributed by atoms with Gasteiger partial charge in [0.05, 0.1) is 0 Å². The van der Waals surface area contributed by atoms with Crippen molar-refractivity contribution in [3.8, 4) is 0 Å². The van der Waals surface area contributed by atoms with E-state index in [0.717, 1.165) is 37.3 Å². The molecule has 1 fully saturated rings. The van der Waals surface area contributed by atoms with E-state index in [-0.39, 0.29) is 5.41 Å². The molecule has 4 heteroatoms. The van der Waals surface area contributed by atoms with E-state index in [1.165, 1.54) is 0 Å². The number of hydrogen-bond donors (Lipinski definition) is 2. The standard InChI is InChI=1S/C9H16N4/c1-2-3-7-11-8(13-12-7)9(6-10)4-5-9/h2-6,10H2,1H3,(H,11,12,13). The van der Waals surface area contributed by atoms with E-state index in [4.69, 9.17) is 5.73 Å². The van der Waals surface area contributed by atoms with Crippen molar-refractivity contribution in [1.29, 1.82) is 0 Å². The topological polar surface area (TPSA) is 67.6 Å². The summed E-state index contributed by atoms with van der Waals surface area (Å²) in [7, 11) is 0. The van der Waals surface area contributed by atoms with Crippen molar-refractivity contribution in [1.82, 2.24) is 15.2 Å². The minimum atomic E-state index is 0.127. The molecule has 13 heavy (non-hydrogen) atoms. The molecule has 1 aromatic rings. The molecule has 3 N–H and O–H groups in total. The lowest BCUT2D eigenvalue weighted by atomic mass is 10.1. The predicted octanol–water partition coefficient (Wildman–Crippen LogP) is 0.748. The summed E-state index contributed by atoms with van der Waals surface area (Å²) in [5.41, 5.74) is 5.82. The number of nitrogens with two attached hydrogens (primary N) is 1. The first-order chi connectivity index (χ1) is 6.30. The number of rotatable bonds is 4. The quantitative estimate of drug-likeness (QED) is 0.718. The SMILES string of the molecule is CCCc1nc(C2(CN)CC2)n[nH]1. The van der Waals surface area contributed by atoms with E-state index >= 15 is 0 Å². The van der Waals surface area contributed by atoms with Gasteiger partial charge in [0.1, 0.15) is 5.82 Å². The van der Waals surface area contributed by atoms with Gasteiger partial charge in [0.25, 0.3) is 0 Å². The first kappa shape index (κ1) is 8.69. The molecule has 1 aliphatic rings. The highest BCUT2D eigenvalue weighted by molar-refractivity contribution is 5.18. The Bertz CT molecular complexity index is 288. The Morgan fingerprint density at radius 3 is 2.85 bits per heavy atom. The molecular weight excluding hydrogens is 164 g/mol. The lowest BCUT2D eigenvalue weighted by Gasteiger charge is -2.04. The van der Waals surface area contributed by atoms with Crippen molar-refractivity contribution < 1.29 is 0 Å². The molecule has 1 aromatic heterocycles. The molecule has 0 radical (unpaired) electrons.